The SMILES string of the molecule is c1ncc(CNc2ccc(-c3nnco3)cc2)o1. The molecule has 2 aromatic heterocycles. The van der Waals surface area contributed by atoms with E-state index in [1.807, 2.05) is 24.3 Å². The van der Waals surface area contributed by atoms with Crippen LogP contribution < -0.4 is 5.32 Å². The van der Waals surface area contributed by atoms with Crippen LogP contribution in [0, 0.1) is 0 Å². The van der Waals surface area contributed by atoms with Crippen LogP contribution in [0.3, 0.4) is 0 Å². The molecule has 0 amide bonds. The zero-order chi connectivity index (χ0) is 12.2. The van der Waals surface area contributed by atoms with Crippen molar-refractivity contribution in [2.24, 2.45) is 0 Å². The van der Waals surface area contributed by atoms with Gasteiger partial charge in [0.2, 0.25) is 12.3 Å². The van der Waals surface area contributed by atoms with Gasteiger partial charge in [0.25, 0.3) is 0 Å². The highest BCUT2D eigenvalue weighted by atomic mass is 16.4. The molecule has 0 atom stereocenters. The molecule has 90 valence electrons. The Morgan fingerprint density at radius 1 is 1.06 bits per heavy atom. The molecule has 0 aliphatic heterocycles. The van der Waals surface area contributed by atoms with E-state index in [9.17, 15) is 0 Å². The second-order valence-electron chi connectivity index (χ2n) is 3.64. The average molecular weight is 242 g/mol. The molecule has 0 saturated carbocycles. The highest BCUT2D eigenvalue weighted by molar-refractivity contribution is 5.58. The van der Waals surface area contributed by atoms with Crippen molar-refractivity contribution in [3.05, 3.63) is 49.0 Å². The molecule has 0 bridgehead atoms. The number of rotatable bonds is 4. The molecular formula is C12H10N4O2. The van der Waals surface area contributed by atoms with Gasteiger partial charge in [-0.2, -0.15) is 0 Å². The fourth-order valence-electron chi connectivity index (χ4n) is 1.55. The molecule has 1 N–H and O–H groups in total. The second-order valence-corrected chi connectivity index (χ2v) is 3.64. The van der Waals surface area contributed by atoms with Gasteiger partial charge in [-0.1, -0.05) is 0 Å². The minimum atomic E-state index is 0.511. The lowest BCUT2D eigenvalue weighted by Gasteiger charge is -2.04. The van der Waals surface area contributed by atoms with Crippen molar-refractivity contribution in [3.63, 3.8) is 0 Å². The summed E-state index contributed by atoms with van der Waals surface area (Å²) in [4.78, 5) is 3.85. The molecule has 0 aliphatic rings. The van der Waals surface area contributed by atoms with Crippen molar-refractivity contribution in [2.75, 3.05) is 5.32 Å². The van der Waals surface area contributed by atoms with Crippen LogP contribution in [0.5, 0.6) is 0 Å². The van der Waals surface area contributed by atoms with Gasteiger partial charge in [-0.3, -0.25) is 0 Å². The first-order chi connectivity index (χ1) is 8.92. The van der Waals surface area contributed by atoms with E-state index in [2.05, 4.69) is 20.5 Å². The van der Waals surface area contributed by atoms with Gasteiger partial charge in [-0.25, -0.2) is 4.98 Å². The summed E-state index contributed by atoms with van der Waals surface area (Å²) in [5.74, 6) is 1.30. The Bertz CT molecular complexity index is 588. The molecule has 6 nitrogen and oxygen atoms in total. The summed E-state index contributed by atoms with van der Waals surface area (Å²) in [5, 5.41) is 10.7. The third-order valence-corrected chi connectivity index (χ3v) is 2.44. The summed E-state index contributed by atoms with van der Waals surface area (Å²) in [6.07, 6.45) is 4.40. The summed E-state index contributed by atoms with van der Waals surface area (Å²) >= 11 is 0. The smallest absolute Gasteiger partial charge is 0.247 e. The number of nitrogens with zero attached hydrogens (tertiary/aromatic N) is 3. The standard InChI is InChI=1S/C12H10N4O2/c1-3-10(14-6-11-5-13-7-17-11)4-2-9(1)12-16-15-8-18-12/h1-5,7-8,14H,6H2. The van der Waals surface area contributed by atoms with Crippen molar-refractivity contribution < 1.29 is 8.83 Å². The first kappa shape index (κ1) is 10.5. The summed E-state index contributed by atoms with van der Waals surface area (Å²) in [5.41, 5.74) is 1.87. The number of oxazole rings is 1. The van der Waals surface area contributed by atoms with Gasteiger partial charge >= 0.3 is 0 Å². The Kier molecular flexibility index (Phi) is 2.75. The highest BCUT2D eigenvalue weighted by Gasteiger charge is 2.03. The number of benzene rings is 1. The molecule has 0 radical (unpaired) electrons. The zero-order valence-corrected chi connectivity index (χ0v) is 9.41. The first-order valence-corrected chi connectivity index (χ1v) is 5.40. The van der Waals surface area contributed by atoms with Crippen LogP contribution in [0.15, 0.2) is 52.1 Å². The molecule has 0 spiro atoms. The van der Waals surface area contributed by atoms with E-state index in [-0.39, 0.29) is 0 Å². The van der Waals surface area contributed by atoms with E-state index in [1.165, 1.54) is 12.8 Å². The fraction of sp³-hybridized carbons (Fsp3) is 0.0833. The second kappa shape index (κ2) is 4.70. The number of hydrogen-bond donors (Lipinski definition) is 1. The average Bonchev–Trinajstić information content (AvgIpc) is 3.10. The van der Waals surface area contributed by atoms with E-state index < -0.39 is 0 Å². The first-order valence-electron chi connectivity index (χ1n) is 5.40. The molecule has 18 heavy (non-hydrogen) atoms. The Morgan fingerprint density at radius 3 is 2.61 bits per heavy atom. The van der Waals surface area contributed by atoms with Crippen LogP contribution in [0.25, 0.3) is 11.5 Å². The lowest BCUT2D eigenvalue weighted by atomic mass is 10.2. The predicted molar refractivity (Wildman–Crippen MR) is 63.6 cm³/mol. The maximum Gasteiger partial charge on any atom is 0.247 e. The van der Waals surface area contributed by atoms with Crippen LogP contribution in [0.2, 0.25) is 0 Å². The zero-order valence-electron chi connectivity index (χ0n) is 9.41. The molecule has 6 heteroatoms. The lowest BCUT2D eigenvalue weighted by Crippen LogP contribution is -1.97. The molecule has 3 rings (SSSR count). The maximum atomic E-state index is 5.13. The van der Waals surface area contributed by atoms with E-state index in [0.717, 1.165) is 17.0 Å². The van der Waals surface area contributed by atoms with E-state index in [0.29, 0.717) is 12.4 Å². The lowest BCUT2D eigenvalue weighted by molar-refractivity contribution is 0.512. The third-order valence-electron chi connectivity index (χ3n) is 2.44. The minimum Gasteiger partial charge on any atom is -0.447 e. The van der Waals surface area contributed by atoms with Gasteiger partial charge < -0.3 is 14.2 Å². The van der Waals surface area contributed by atoms with Crippen LogP contribution in [0.4, 0.5) is 5.69 Å². The molecule has 0 saturated heterocycles. The molecule has 2 heterocycles. The van der Waals surface area contributed by atoms with Crippen molar-refractivity contribution in [1.29, 1.82) is 0 Å². The van der Waals surface area contributed by atoms with E-state index in [4.69, 9.17) is 8.83 Å². The number of hydrogen-bond acceptors (Lipinski definition) is 6. The van der Waals surface area contributed by atoms with Gasteiger partial charge in [0.15, 0.2) is 6.39 Å². The summed E-state index contributed by atoms with van der Waals surface area (Å²) < 4.78 is 10.2. The van der Waals surface area contributed by atoms with Crippen LogP contribution in [-0.2, 0) is 6.54 Å². The Morgan fingerprint density at radius 2 is 1.94 bits per heavy atom. The molecule has 0 fully saturated rings. The van der Waals surface area contributed by atoms with Crippen LogP contribution in [0.1, 0.15) is 5.76 Å². The molecule has 0 aliphatic carbocycles. The summed E-state index contributed by atoms with van der Waals surface area (Å²) in [6, 6.07) is 7.71. The van der Waals surface area contributed by atoms with Crippen LogP contribution >= 0.6 is 0 Å². The van der Waals surface area contributed by atoms with Gasteiger partial charge in [0.05, 0.1) is 12.7 Å². The van der Waals surface area contributed by atoms with Gasteiger partial charge in [0.1, 0.15) is 5.76 Å². The molecule has 3 aromatic rings. The van der Waals surface area contributed by atoms with Crippen molar-refractivity contribution >= 4 is 5.69 Å². The summed E-state index contributed by atoms with van der Waals surface area (Å²) in [6.45, 7) is 0.597. The van der Waals surface area contributed by atoms with E-state index >= 15 is 0 Å². The Labute approximate surface area is 103 Å². The predicted octanol–water partition coefficient (Wildman–Crippen LogP) is 2.34. The quantitative estimate of drug-likeness (QED) is 0.756. The highest BCUT2D eigenvalue weighted by Crippen LogP contribution is 2.19. The minimum absolute atomic E-state index is 0.511. The Hall–Kier alpha value is -2.63. The normalized spacial score (nSPS) is 10.4. The third kappa shape index (κ3) is 2.22. The monoisotopic (exact) mass is 242 g/mol. The van der Waals surface area contributed by atoms with Crippen molar-refractivity contribution in [2.45, 2.75) is 6.54 Å². The van der Waals surface area contributed by atoms with Crippen molar-refractivity contribution in [1.82, 2.24) is 15.2 Å². The van der Waals surface area contributed by atoms with Crippen molar-refractivity contribution in [3.8, 4) is 11.5 Å². The van der Waals surface area contributed by atoms with E-state index in [1.54, 1.807) is 6.20 Å². The molecule has 1 aromatic carbocycles. The van der Waals surface area contributed by atoms with Crippen LogP contribution in [-0.4, -0.2) is 15.2 Å². The van der Waals surface area contributed by atoms with Gasteiger partial charge in [0, 0.05) is 11.3 Å². The maximum absolute atomic E-state index is 5.13. The fourth-order valence-corrected chi connectivity index (χ4v) is 1.55. The van der Waals surface area contributed by atoms with Gasteiger partial charge in [-0.05, 0) is 24.3 Å². The number of aromatic nitrogens is 3. The van der Waals surface area contributed by atoms with Gasteiger partial charge in [-0.15, -0.1) is 10.2 Å². The summed E-state index contributed by atoms with van der Waals surface area (Å²) in [7, 11) is 0. The largest absolute Gasteiger partial charge is 0.447 e. The number of anilines is 1. The topological polar surface area (TPSA) is 77.0 Å². The molecular weight excluding hydrogens is 232 g/mol. The Balaban J connectivity index is 1.68. The molecule has 0 unspecified atom stereocenters. The number of nitrogens with one attached hydrogen (secondary N) is 1.